The van der Waals surface area contributed by atoms with Crippen LogP contribution >= 0.6 is 0 Å². The zero-order chi connectivity index (χ0) is 15.7. The Kier molecular flexibility index (Phi) is 7.34. The summed E-state index contributed by atoms with van der Waals surface area (Å²) in [5.41, 5.74) is 0.518. The van der Waals surface area contributed by atoms with Crippen molar-refractivity contribution in [1.29, 1.82) is 0 Å². The smallest absolute Gasteiger partial charge is 0.274 e. The van der Waals surface area contributed by atoms with E-state index in [0.717, 1.165) is 13.0 Å². The summed E-state index contributed by atoms with van der Waals surface area (Å²) in [6.45, 7) is 1.82. The molecule has 0 aromatic heterocycles. The third kappa shape index (κ3) is 6.33. The second-order valence-electron chi connectivity index (χ2n) is 4.75. The van der Waals surface area contributed by atoms with Crippen LogP contribution in [0, 0.1) is 10.1 Å². The van der Waals surface area contributed by atoms with Gasteiger partial charge in [0.05, 0.1) is 11.5 Å². The molecule has 21 heavy (non-hydrogen) atoms. The first-order valence-corrected chi connectivity index (χ1v) is 6.71. The van der Waals surface area contributed by atoms with Gasteiger partial charge in [-0.1, -0.05) is 18.2 Å². The van der Waals surface area contributed by atoms with Crippen molar-refractivity contribution >= 4 is 11.6 Å². The fourth-order valence-electron chi connectivity index (χ4n) is 1.89. The van der Waals surface area contributed by atoms with Gasteiger partial charge in [0.2, 0.25) is 5.91 Å². The lowest BCUT2D eigenvalue weighted by molar-refractivity contribution is -0.385. The number of para-hydroxylation sites is 1. The summed E-state index contributed by atoms with van der Waals surface area (Å²) < 4.78 is 4.95. The molecule has 0 saturated heterocycles. The predicted octanol–water partition coefficient (Wildman–Crippen LogP) is 1.18. The molecule has 0 fully saturated rings. The molecule has 0 atom stereocenters. The van der Waals surface area contributed by atoms with Crippen LogP contribution < -0.4 is 5.32 Å². The topological polar surface area (TPSA) is 84.7 Å². The summed E-state index contributed by atoms with van der Waals surface area (Å²) in [5.74, 6) is -0.159. The average molecular weight is 295 g/mol. The van der Waals surface area contributed by atoms with E-state index in [0.29, 0.717) is 12.2 Å². The van der Waals surface area contributed by atoms with Gasteiger partial charge in [0.15, 0.2) is 0 Å². The number of likely N-dealkylation sites (N-methyl/N-ethyl adjacent to an activating group) is 1. The van der Waals surface area contributed by atoms with Crippen molar-refractivity contribution in [2.45, 2.75) is 13.0 Å². The summed E-state index contributed by atoms with van der Waals surface area (Å²) in [4.78, 5) is 24.1. The number of nitro benzene ring substituents is 1. The quantitative estimate of drug-likeness (QED) is 0.420. The molecule has 0 heterocycles. The third-order valence-corrected chi connectivity index (χ3v) is 2.97. The van der Waals surface area contributed by atoms with Crippen LogP contribution in [0.5, 0.6) is 0 Å². The van der Waals surface area contributed by atoms with Gasteiger partial charge < -0.3 is 10.1 Å². The fraction of sp³-hybridized carbons (Fsp3) is 0.500. The maximum atomic E-state index is 11.8. The predicted molar refractivity (Wildman–Crippen MR) is 78.9 cm³/mol. The van der Waals surface area contributed by atoms with Crippen molar-refractivity contribution in [1.82, 2.24) is 10.2 Å². The van der Waals surface area contributed by atoms with Gasteiger partial charge in [0, 0.05) is 38.4 Å². The Morgan fingerprint density at radius 1 is 1.43 bits per heavy atom. The first-order chi connectivity index (χ1) is 10.0. The van der Waals surface area contributed by atoms with Gasteiger partial charge in [-0.05, 0) is 13.5 Å². The number of nitrogens with zero attached hydrogens (tertiary/aromatic N) is 2. The Balaban J connectivity index is 2.41. The van der Waals surface area contributed by atoms with Gasteiger partial charge in [0.1, 0.15) is 0 Å². The Hall–Kier alpha value is -1.99. The summed E-state index contributed by atoms with van der Waals surface area (Å²) in [6, 6.07) is 6.39. The largest absolute Gasteiger partial charge is 0.385 e. The van der Waals surface area contributed by atoms with Crippen LogP contribution in [-0.2, 0) is 16.1 Å². The van der Waals surface area contributed by atoms with Crippen molar-refractivity contribution in [2.24, 2.45) is 0 Å². The van der Waals surface area contributed by atoms with Gasteiger partial charge in [-0.2, -0.15) is 0 Å². The molecule has 1 N–H and O–H groups in total. The van der Waals surface area contributed by atoms with E-state index in [1.165, 1.54) is 6.07 Å². The zero-order valence-corrected chi connectivity index (χ0v) is 12.4. The summed E-state index contributed by atoms with van der Waals surface area (Å²) in [7, 11) is 3.49. The fourth-order valence-corrected chi connectivity index (χ4v) is 1.89. The van der Waals surface area contributed by atoms with Crippen molar-refractivity contribution in [3.05, 3.63) is 39.9 Å². The minimum absolute atomic E-state index is 0.0197. The number of nitro groups is 1. The molecular formula is C14H21N3O4. The van der Waals surface area contributed by atoms with Crippen molar-refractivity contribution < 1.29 is 14.5 Å². The Bertz CT molecular complexity index is 479. The molecule has 7 nitrogen and oxygen atoms in total. The van der Waals surface area contributed by atoms with E-state index >= 15 is 0 Å². The number of amides is 1. The molecule has 0 aliphatic carbocycles. The van der Waals surface area contributed by atoms with Gasteiger partial charge in [-0.25, -0.2) is 0 Å². The molecule has 0 radical (unpaired) electrons. The van der Waals surface area contributed by atoms with E-state index in [9.17, 15) is 14.9 Å². The molecule has 0 spiro atoms. The minimum atomic E-state index is -0.446. The first-order valence-electron chi connectivity index (χ1n) is 6.71. The second kappa shape index (κ2) is 9.04. The van der Waals surface area contributed by atoms with Gasteiger partial charge in [-0.15, -0.1) is 0 Å². The van der Waals surface area contributed by atoms with Crippen molar-refractivity contribution in [2.75, 3.05) is 33.9 Å². The molecule has 0 bridgehead atoms. The van der Waals surface area contributed by atoms with Gasteiger partial charge >= 0.3 is 0 Å². The number of nitrogens with one attached hydrogen (secondary N) is 1. The van der Waals surface area contributed by atoms with E-state index in [4.69, 9.17) is 4.74 Å². The molecule has 1 rings (SSSR count). The highest BCUT2D eigenvalue weighted by Crippen LogP contribution is 2.16. The van der Waals surface area contributed by atoms with E-state index in [2.05, 4.69) is 5.32 Å². The van der Waals surface area contributed by atoms with Gasteiger partial charge in [-0.3, -0.25) is 19.8 Å². The summed E-state index contributed by atoms with van der Waals surface area (Å²) in [6.07, 6.45) is 0.852. The standard InChI is InChI=1S/C14H21N3O4/c1-16(8-5-9-21-2)11-14(18)15-10-12-6-3-4-7-13(12)17(19)20/h3-4,6-7H,5,8-11H2,1-2H3,(H,15,18). The normalized spacial score (nSPS) is 10.6. The van der Waals surface area contributed by atoms with E-state index in [1.54, 1.807) is 25.3 Å². The lowest BCUT2D eigenvalue weighted by atomic mass is 10.2. The first kappa shape index (κ1) is 17.1. The summed E-state index contributed by atoms with van der Waals surface area (Å²) >= 11 is 0. The highest BCUT2D eigenvalue weighted by atomic mass is 16.6. The molecule has 0 saturated carbocycles. The Morgan fingerprint density at radius 3 is 2.81 bits per heavy atom. The number of carbonyl (C=O) groups is 1. The van der Waals surface area contributed by atoms with Crippen LogP contribution in [-0.4, -0.2) is 49.6 Å². The molecular weight excluding hydrogens is 274 g/mol. The zero-order valence-electron chi connectivity index (χ0n) is 12.4. The van der Waals surface area contributed by atoms with Gasteiger partial charge in [0.25, 0.3) is 5.69 Å². The SMILES string of the molecule is COCCCN(C)CC(=O)NCc1ccccc1[N+](=O)[O-]. The van der Waals surface area contributed by atoms with Crippen LogP contribution in [0.2, 0.25) is 0 Å². The molecule has 1 aromatic carbocycles. The highest BCUT2D eigenvalue weighted by Gasteiger charge is 2.13. The third-order valence-electron chi connectivity index (χ3n) is 2.97. The van der Waals surface area contributed by atoms with Crippen LogP contribution in [0.4, 0.5) is 5.69 Å². The van der Waals surface area contributed by atoms with Crippen LogP contribution in [0.15, 0.2) is 24.3 Å². The molecule has 7 heteroatoms. The maximum absolute atomic E-state index is 11.8. The number of hydrogen-bond acceptors (Lipinski definition) is 5. The van der Waals surface area contributed by atoms with E-state index in [1.807, 2.05) is 11.9 Å². The average Bonchev–Trinajstić information content (AvgIpc) is 2.45. The Morgan fingerprint density at radius 2 is 2.14 bits per heavy atom. The lowest BCUT2D eigenvalue weighted by Gasteiger charge is -2.15. The summed E-state index contributed by atoms with van der Waals surface area (Å²) in [5, 5.41) is 13.6. The van der Waals surface area contributed by atoms with Crippen LogP contribution in [0.25, 0.3) is 0 Å². The number of rotatable bonds is 9. The number of hydrogen-bond donors (Lipinski definition) is 1. The maximum Gasteiger partial charge on any atom is 0.274 e. The monoisotopic (exact) mass is 295 g/mol. The number of carbonyl (C=O) groups excluding carboxylic acids is 1. The number of benzene rings is 1. The van der Waals surface area contributed by atoms with Crippen LogP contribution in [0.3, 0.4) is 0 Å². The molecule has 0 aliphatic heterocycles. The van der Waals surface area contributed by atoms with E-state index in [-0.39, 0.29) is 24.7 Å². The highest BCUT2D eigenvalue weighted by molar-refractivity contribution is 5.78. The number of ether oxygens (including phenoxy) is 1. The molecule has 116 valence electrons. The molecule has 0 unspecified atom stereocenters. The number of methoxy groups -OCH3 is 1. The van der Waals surface area contributed by atoms with Crippen molar-refractivity contribution in [3.8, 4) is 0 Å². The lowest BCUT2D eigenvalue weighted by Crippen LogP contribution is -2.35. The van der Waals surface area contributed by atoms with E-state index < -0.39 is 4.92 Å². The molecule has 0 aliphatic rings. The minimum Gasteiger partial charge on any atom is -0.385 e. The molecule has 1 aromatic rings. The Labute approximate surface area is 124 Å². The van der Waals surface area contributed by atoms with Crippen LogP contribution in [0.1, 0.15) is 12.0 Å². The molecule has 1 amide bonds. The van der Waals surface area contributed by atoms with Crippen molar-refractivity contribution in [3.63, 3.8) is 0 Å². The second-order valence-corrected chi connectivity index (χ2v) is 4.75.